The molecule has 21 heavy (non-hydrogen) atoms. The number of rotatable bonds is 8. The van der Waals surface area contributed by atoms with Crippen molar-refractivity contribution < 1.29 is 13.2 Å². The van der Waals surface area contributed by atoms with E-state index in [4.69, 9.17) is 0 Å². The molecule has 0 aliphatic rings. The Morgan fingerprint density at radius 1 is 1.24 bits per heavy atom. The van der Waals surface area contributed by atoms with Gasteiger partial charge in [-0.1, -0.05) is 25.8 Å². The number of nitrogens with one attached hydrogen (secondary N) is 1. The second-order valence-corrected chi connectivity index (χ2v) is 7.17. The first kappa shape index (κ1) is 17.5. The van der Waals surface area contributed by atoms with Crippen LogP contribution in [-0.2, 0) is 10.0 Å². The Kier molecular flexibility index (Phi) is 6.68. The third-order valence-corrected chi connectivity index (χ3v) is 5.09. The lowest BCUT2D eigenvalue weighted by Gasteiger charge is -2.19. The van der Waals surface area contributed by atoms with E-state index in [1.54, 1.807) is 31.2 Å². The minimum atomic E-state index is -3.32. The van der Waals surface area contributed by atoms with Crippen molar-refractivity contribution in [1.29, 1.82) is 0 Å². The predicted molar refractivity (Wildman–Crippen MR) is 86.2 cm³/mol. The van der Waals surface area contributed by atoms with Gasteiger partial charge in [0.1, 0.15) is 0 Å². The lowest BCUT2D eigenvalue weighted by atomic mass is 10.2. The fourth-order valence-electron chi connectivity index (χ4n) is 1.88. The highest BCUT2D eigenvalue weighted by molar-refractivity contribution is 7.92. The molecule has 0 bridgehead atoms. The van der Waals surface area contributed by atoms with Crippen LogP contribution in [0.1, 0.15) is 43.5 Å². The molecule has 0 aromatic heterocycles. The molecule has 1 aromatic carbocycles. The zero-order valence-electron chi connectivity index (χ0n) is 12.9. The van der Waals surface area contributed by atoms with Crippen LogP contribution in [0, 0.1) is 0 Å². The van der Waals surface area contributed by atoms with E-state index in [0.29, 0.717) is 17.8 Å². The molecule has 1 N–H and O–H groups in total. The third kappa shape index (κ3) is 5.04. The Morgan fingerprint density at radius 3 is 2.57 bits per heavy atom. The minimum absolute atomic E-state index is 0.0247. The largest absolute Gasteiger partial charge is 0.352 e. The van der Waals surface area contributed by atoms with Gasteiger partial charge in [0.2, 0.25) is 10.0 Å². The Labute approximate surface area is 127 Å². The van der Waals surface area contributed by atoms with Crippen LogP contribution in [0.3, 0.4) is 0 Å². The maximum absolute atomic E-state index is 12.0. The molecule has 1 aromatic rings. The normalized spacial score (nSPS) is 11.2. The van der Waals surface area contributed by atoms with Gasteiger partial charge < -0.3 is 5.32 Å². The van der Waals surface area contributed by atoms with Gasteiger partial charge in [0.25, 0.3) is 5.91 Å². The van der Waals surface area contributed by atoms with E-state index >= 15 is 0 Å². The summed E-state index contributed by atoms with van der Waals surface area (Å²) < 4.78 is 24.9. The van der Waals surface area contributed by atoms with Crippen molar-refractivity contribution in [2.45, 2.75) is 33.1 Å². The first-order valence-corrected chi connectivity index (χ1v) is 8.88. The smallest absolute Gasteiger partial charge is 0.251 e. The van der Waals surface area contributed by atoms with Crippen LogP contribution >= 0.6 is 0 Å². The van der Waals surface area contributed by atoms with E-state index in [0.717, 1.165) is 19.3 Å². The second-order valence-electron chi connectivity index (χ2n) is 4.88. The van der Waals surface area contributed by atoms with Gasteiger partial charge >= 0.3 is 0 Å². The quantitative estimate of drug-likeness (QED) is 0.750. The predicted octanol–water partition coefficient (Wildman–Crippen LogP) is 2.39. The minimum Gasteiger partial charge on any atom is -0.352 e. The molecule has 1 amide bonds. The maximum Gasteiger partial charge on any atom is 0.251 e. The van der Waals surface area contributed by atoms with Crippen LogP contribution in [0.2, 0.25) is 0 Å². The van der Waals surface area contributed by atoms with Crippen LogP contribution < -0.4 is 9.62 Å². The number of anilines is 1. The number of hydrogen-bond acceptors (Lipinski definition) is 3. The molecule has 0 heterocycles. The molecule has 0 spiro atoms. The van der Waals surface area contributed by atoms with E-state index in [-0.39, 0.29) is 11.7 Å². The highest BCUT2D eigenvalue weighted by atomic mass is 32.2. The van der Waals surface area contributed by atoms with E-state index in [2.05, 4.69) is 12.2 Å². The lowest BCUT2D eigenvalue weighted by molar-refractivity contribution is 0.0953. The van der Waals surface area contributed by atoms with Crippen molar-refractivity contribution in [1.82, 2.24) is 5.32 Å². The average Bonchev–Trinajstić information content (AvgIpc) is 2.50. The number of carbonyl (C=O) groups excluding carboxylic acids is 1. The van der Waals surface area contributed by atoms with Crippen molar-refractivity contribution in [2.75, 3.05) is 23.7 Å². The third-order valence-electron chi connectivity index (χ3n) is 3.32. The Bertz CT molecular complexity index is 570. The molecular weight excluding hydrogens is 288 g/mol. The molecule has 0 saturated carbocycles. The van der Waals surface area contributed by atoms with Crippen molar-refractivity contribution >= 4 is 21.6 Å². The highest BCUT2D eigenvalue weighted by Crippen LogP contribution is 2.18. The molecule has 6 heteroatoms. The van der Waals surface area contributed by atoms with Crippen molar-refractivity contribution in [3.05, 3.63) is 29.8 Å². The zero-order valence-corrected chi connectivity index (χ0v) is 13.7. The van der Waals surface area contributed by atoms with Gasteiger partial charge in [-0.3, -0.25) is 9.10 Å². The summed E-state index contributed by atoms with van der Waals surface area (Å²) in [6.45, 7) is 4.34. The average molecular weight is 312 g/mol. The Hall–Kier alpha value is -1.56. The first-order chi connectivity index (χ1) is 9.92. The molecule has 0 aliphatic carbocycles. The van der Waals surface area contributed by atoms with E-state index < -0.39 is 10.0 Å². The van der Waals surface area contributed by atoms with E-state index in [1.807, 2.05) is 0 Å². The van der Waals surface area contributed by atoms with Gasteiger partial charge in [-0.05, 0) is 31.5 Å². The summed E-state index contributed by atoms with van der Waals surface area (Å²) in [6, 6.07) is 6.66. The topological polar surface area (TPSA) is 66.5 Å². The van der Waals surface area contributed by atoms with E-state index in [9.17, 15) is 13.2 Å². The van der Waals surface area contributed by atoms with Crippen molar-refractivity contribution in [3.63, 3.8) is 0 Å². The van der Waals surface area contributed by atoms with Crippen molar-refractivity contribution in [3.8, 4) is 0 Å². The van der Waals surface area contributed by atoms with Gasteiger partial charge in [0, 0.05) is 19.2 Å². The summed E-state index contributed by atoms with van der Waals surface area (Å²) in [5.74, 6) is -0.146. The number of amides is 1. The number of hydrogen-bond donors (Lipinski definition) is 1. The Balaban J connectivity index is 2.79. The first-order valence-electron chi connectivity index (χ1n) is 7.27. The molecule has 1 rings (SSSR count). The van der Waals surface area contributed by atoms with Gasteiger partial charge in [-0.25, -0.2) is 8.42 Å². The Morgan fingerprint density at radius 2 is 1.95 bits per heavy atom. The fraction of sp³-hybridized carbons (Fsp3) is 0.533. The second kappa shape index (κ2) is 8.02. The summed E-state index contributed by atoms with van der Waals surface area (Å²) >= 11 is 0. The van der Waals surface area contributed by atoms with Crippen LogP contribution in [-0.4, -0.2) is 33.7 Å². The lowest BCUT2D eigenvalue weighted by Crippen LogP contribution is -2.29. The van der Waals surface area contributed by atoms with Crippen molar-refractivity contribution in [2.24, 2.45) is 0 Å². The van der Waals surface area contributed by atoms with Gasteiger partial charge in [-0.15, -0.1) is 0 Å². The SMILES string of the molecule is CCCCCNC(=O)c1cccc(N(C)S(=O)(=O)CC)c1. The number of carbonyl (C=O) groups is 1. The summed E-state index contributed by atoms with van der Waals surface area (Å²) in [4.78, 5) is 12.0. The molecule has 0 aliphatic heterocycles. The van der Waals surface area contributed by atoms with Gasteiger partial charge in [-0.2, -0.15) is 0 Å². The summed E-state index contributed by atoms with van der Waals surface area (Å²) in [5, 5.41) is 2.85. The number of nitrogens with zero attached hydrogens (tertiary/aromatic N) is 1. The number of sulfonamides is 1. The van der Waals surface area contributed by atoms with Gasteiger partial charge in [0.05, 0.1) is 11.4 Å². The maximum atomic E-state index is 12.0. The monoisotopic (exact) mass is 312 g/mol. The number of benzene rings is 1. The highest BCUT2D eigenvalue weighted by Gasteiger charge is 2.16. The molecule has 5 nitrogen and oxygen atoms in total. The van der Waals surface area contributed by atoms with Crippen LogP contribution in [0.25, 0.3) is 0 Å². The molecule has 0 saturated heterocycles. The van der Waals surface area contributed by atoms with Crippen LogP contribution in [0.15, 0.2) is 24.3 Å². The number of unbranched alkanes of at least 4 members (excludes halogenated alkanes) is 2. The standard InChI is InChI=1S/C15H24N2O3S/c1-4-6-7-11-16-15(18)13-9-8-10-14(12-13)17(3)21(19,20)5-2/h8-10,12H,4-7,11H2,1-3H3,(H,16,18). The van der Waals surface area contributed by atoms with Crippen LogP contribution in [0.4, 0.5) is 5.69 Å². The summed E-state index contributed by atoms with van der Waals surface area (Å²) in [7, 11) is -1.82. The van der Waals surface area contributed by atoms with E-state index in [1.165, 1.54) is 11.4 Å². The molecule has 0 atom stereocenters. The summed E-state index contributed by atoms with van der Waals surface area (Å²) in [6.07, 6.45) is 3.13. The zero-order chi connectivity index (χ0) is 15.9. The van der Waals surface area contributed by atoms with Gasteiger partial charge in [0.15, 0.2) is 0 Å². The van der Waals surface area contributed by atoms with Crippen LogP contribution in [0.5, 0.6) is 0 Å². The molecule has 0 unspecified atom stereocenters. The molecule has 0 radical (unpaired) electrons. The fourth-order valence-corrected chi connectivity index (χ4v) is 2.70. The molecule has 118 valence electrons. The molecular formula is C15H24N2O3S. The molecule has 0 fully saturated rings. The summed E-state index contributed by atoms with van der Waals surface area (Å²) in [5.41, 5.74) is 0.972.